The number of benzene rings is 1. The SMILES string of the molecule is O=C([OH2+])CCOCCc1ccc(Cl)c(Cl)c1. The van der Waals surface area contributed by atoms with Gasteiger partial charge in [-0.2, -0.15) is 0 Å². The highest BCUT2D eigenvalue weighted by atomic mass is 35.5. The van der Waals surface area contributed by atoms with E-state index in [0.717, 1.165) is 5.56 Å². The first-order valence-electron chi connectivity index (χ1n) is 4.85. The Balaban J connectivity index is 2.27. The number of halogens is 2. The predicted molar refractivity (Wildman–Crippen MR) is 64.2 cm³/mol. The molecular formula is C11H13Cl2O3+. The minimum Gasteiger partial charge on any atom is -0.565 e. The standard InChI is InChI=1S/C11H12Cl2O3/c12-9-2-1-8(7-10(9)13)3-5-16-6-4-11(14)15/h1-2,7H,3-6H2,(H,14,15)/p+1. The molecule has 0 aliphatic carbocycles. The van der Waals surface area contributed by atoms with E-state index in [0.29, 0.717) is 29.7 Å². The zero-order chi connectivity index (χ0) is 12.0. The molecule has 0 radical (unpaired) electrons. The van der Waals surface area contributed by atoms with Crippen molar-refractivity contribution in [2.24, 2.45) is 0 Å². The van der Waals surface area contributed by atoms with Crippen LogP contribution in [0, 0.1) is 0 Å². The van der Waals surface area contributed by atoms with Gasteiger partial charge in [-0.1, -0.05) is 29.3 Å². The summed E-state index contributed by atoms with van der Waals surface area (Å²) in [5.41, 5.74) is 1.03. The molecule has 0 saturated carbocycles. The molecule has 0 fully saturated rings. The van der Waals surface area contributed by atoms with Gasteiger partial charge in [0.05, 0.1) is 23.3 Å². The third-order valence-corrected chi connectivity index (χ3v) is 2.73. The van der Waals surface area contributed by atoms with Crippen molar-refractivity contribution in [2.75, 3.05) is 13.2 Å². The largest absolute Gasteiger partial charge is 0.565 e. The first kappa shape index (κ1) is 13.3. The second-order valence-corrected chi connectivity index (χ2v) is 4.10. The van der Waals surface area contributed by atoms with Gasteiger partial charge in [-0.25, -0.2) is 0 Å². The molecule has 0 spiro atoms. The highest BCUT2D eigenvalue weighted by Crippen LogP contribution is 2.22. The van der Waals surface area contributed by atoms with Gasteiger partial charge in [-0.3, -0.25) is 0 Å². The molecule has 0 aliphatic rings. The summed E-state index contributed by atoms with van der Waals surface area (Å²) in [4.78, 5) is 10.3. The number of hydrogen-bond donors (Lipinski definition) is 0. The summed E-state index contributed by atoms with van der Waals surface area (Å²) in [5.74, 6) is -0.602. The Labute approximate surface area is 104 Å². The number of carbonyl (C=O) groups excluding carboxylic acids is 1. The second kappa shape index (κ2) is 6.74. The molecule has 1 aromatic carbocycles. The Morgan fingerprint density at radius 1 is 1.25 bits per heavy atom. The fourth-order valence-corrected chi connectivity index (χ4v) is 1.47. The fourth-order valence-electron chi connectivity index (χ4n) is 1.15. The lowest BCUT2D eigenvalue weighted by atomic mass is 10.2. The first-order chi connectivity index (χ1) is 7.59. The third kappa shape index (κ3) is 4.84. The first-order valence-corrected chi connectivity index (χ1v) is 5.61. The second-order valence-electron chi connectivity index (χ2n) is 3.28. The smallest absolute Gasteiger partial charge is 0.518 e. The quantitative estimate of drug-likeness (QED) is 0.584. The molecule has 0 atom stereocenters. The van der Waals surface area contributed by atoms with Crippen molar-refractivity contribution in [1.82, 2.24) is 0 Å². The van der Waals surface area contributed by atoms with Gasteiger partial charge in [0, 0.05) is 4.79 Å². The minimum atomic E-state index is -0.602. The lowest BCUT2D eigenvalue weighted by Gasteiger charge is -2.03. The predicted octanol–water partition coefficient (Wildman–Crippen LogP) is 2.19. The molecule has 0 saturated heterocycles. The summed E-state index contributed by atoms with van der Waals surface area (Å²) in [5, 5.41) is 7.74. The van der Waals surface area contributed by atoms with E-state index in [1.807, 2.05) is 6.07 Å². The number of carbonyl (C=O) groups is 1. The van der Waals surface area contributed by atoms with Crippen LogP contribution in [0.1, 0.15) is 12.0 Å². The Kier molecular flexibility index (Phi) is 5.60. The normalized spacial score (nSPS) is 10.4. The van der Waals surface area contributed by atoms with Gasteiger partial charge in [0.25, 0.3) is 0 Å². The van der Waals surface area contributed by atoms with E-state index in [4.69, 9.17) is 33.0 Å². The van der Waals surface area contributed by atoms with Crippen LogP contribution in [-0.4, -0.2) is 24.3 Å². The Morgan fingerprint density at radius 3 is 2.62 bits per heavy atom. The van der Waals surface area contributed by atoms with Crippen LogP contribution in [0.15, 0.2) is 18.2 Å². The average Bonchev–Trinajstić information content (AvgIpc) is 2.22. The van der Waals surface area contributed by atoms with Crippen molar-refractivity contribution in [1.29, 1.82) is 0 Å². The Morgan fingerprint density at radius 2 is 2.00 bits per heavy atom. The maximum atomic E-state index is 10.3. The van der Waals surface area contributed by atoms with Crippen molar-refractivity contribution < 1.29 is 14.6 Å². The monoisotopic (exact) mass is 263 g/mol. The van der Waals surface area contributed by atoms with E-state index in [1.54, 1.807) is 12.1 Å². The third-order valence-electron chi connectivity index (χ3n) is 1.99. The van der Waals surface area contributed by atoms with Crippen LogP contribution in [0.4, 0.5) is 0 Å². The van der Waals surface area contributed by atoms with Gasteiger partial charge in [0.1, 0.15) is 6.42 Å². The van der Waals surface area contributed by atoms with Crippen LogP contribution in [-0.2, 0) is 16.0 Å². The molecule has 3 nitrogen and oxygen atoms in total. The van der Waals surface area contributed by atoms with Crippen LogP contribution < -0.4 is 0 Å². The van der Waals surface area contributed by atoms with Crippen molar-refractivity contribution in [3.05, 3.63) is 33.8 Å². The van der Waals surface area contributed by atoms with E-state index in [9.17, 15) is 4.79 Å². The number of rotatable bonds is 6. The molecule has 2 N–H and O–H groups in total. The van der Waals surface area contributed by atoms with Crippen LogP contribution in [0.2, 0.25) is 10.0 Å². The topological polar surface area (TPSA) is 49.2 Å². The molecule has 1 rings (SSSR count). The molecule has 0 heterocycles. The molecule has 5 heteroatoms. The van der Waals surface area contributed by atoms with E-state index in [2.05, 4.69) is 0 Å². The molecule has 88 valence electrons. The molecule has 1 aromatic rings. The summed E-state index contributed by atoms with van der Waals surface area (Å²) >= 11 is 11.6. The van der Waals surface area contributed by atoms with E-state index in [-0.39, 0.29) is 6.42 Å². The molecule has 0 unspecified atom stereocenters. The summed E-state index contributed by atoms with van der Waals surface area (Å²) < 4.78 is 5.20. The Hall–Kier alpha value is -0.770. The lowest BCUT2D eigenvalue weighted by Crippen LogP contribution is -2.05. The van der Waals surface area contributed by atoms with Crippen LogP contribution in [0.25, 0.3) is 0 Å². The molecule has 0 aliphatic heterocycles. The summed E-state index contributed by atoms with van der Waals surface area (Å²) in [6, 6.07) is 5.42. The molecule has 0 amide bonds. The van der Waals surface area contributed by atoms with Crippen LogP contribution in [0.5, 0.6) is 0 Å². The van der Waals surface area contributed by atoms with E-state index >= 15 is 0 Å². The van der Waals surface area contributed by atoms with Gasteiger partial charge in [-0.15, -0.1) is 0 Å². The van der Waals surface area contributed by atoms with Gasteiger partial charge >= 0.3 is 5.97 Å². The number of ether oxygens (including phenoxy) is 1. The highest BCUT2D eigenvalue weighted by Gasteiger charge is 2.04. The summed E-state index contributed by atoms with van der Waals surface area (Å²) in [7, 11) is 0. The fraction of sp³-hybridized carbons (Fsp3) is 0.364. The summed E-state index contributed by atoms with van der Waals surface area (Å²) in [6.45, 7) is 0.800. The Bertz CT molecular complexity index is 366. The van der Waals surface area contributed by atoms with Crippen LogP contribution >= 0.6 is 23.2 Å². The van der Waals surface area contributed by atoms with E-state index < -0.39 is 5.97 Å². The van der Waals surface area contributed by atoms with Crippen molar-refractivity contribution in [3.63, 3.8) is 0 Å². The number of hydrogen-bond acceptors (Lipinski definition) is 2. The highest BCUT2D eigenvalue weighted by molar-refractivity contribution is 6.42. The van der Waals surface area contributed by atoms with Gasteiger partial charge in [0.15, 0.2) is 0 Å². The minimum absolute atomic E-state index is 0.140. The average molecular weight is 264 g/mol. The van der Waals surface area contributed by atoms with Gasteiger partial charge in [0.2, 0.25) is 0 Å². The maximum absolute atomic E-state index is 10.3. The van der Waals surface area contributed by atoms with Gasteiger partial charge < -0.3 is 9.84 Å². The summed E-state index contributed by atoms with van der Waals surface area (Å²) in [6.07, 6.45) is 0.852. The molecular weight excluding hydrogens is 251 g/mol. The van der Waals surface area contributed by atoms with Crippen molar-refractivity contribution in [3.8, 4) is 0 Å². The maximum Gasteiger partial charge on any atom is 0.518 e. The molecule has 0 aromatic heterocycles. The van der Waals surface area contributed by atoms with Crippen molar-refractivity contribution >= 4 is 29.2 Å². The van der Waals surface area contributed by atoms with E-state index in [1.165, 1.54) is 0 Å². The van der Waals surface area contributed by atoms with Gasteiger partial charge in [-0.05, 0) is 24.1 Å². The zero-order valence-corrected chi connectivity index (χ0v) is 10.1. The zero-order valence-electron chi connectivity index (χ0n) is 8.63. The lowest BCUT2D eigenvalue weighted by molar-refractivity contribution is -0.138. The van der Waals surface area contributed by atoms with Crippen molar-refractivity contribution in [2.45, 2.75) is 12.8 Å². The molecule has 16 heavy (non-hydrogen) atoms. The van der Waals surface area contributed by atoms with Crippen LogP contribution in [0.3, 0.4) is 0 Å². The molecule has 0 bridgehead atoms.